The third-order valence-corrected chi connectivity index (χ3v) is 4.02. The van der Waals surface area contributed by atoms with Crippen molar-refractivity contribution in [2.24, 2.45) is 0 Å². The molecule has 138 valence electrons. The summed E-state index contributed by atoms with van der Waals surface area (Å²) in [5, 5.41) is 2.83. The van der Waals surface area contributed by atoms with Crippen LogP contribution in [0.25, 0.3) is 0 Å². The third-order valence-electron chi connectivity index (χ3n) is 4.02. The number of halogens is 3. The zero-order valence-corrected chi connectivity index (χ0v) is 13.9. The number of nitrogens with one attached hydrogen (secondary N) is 1. The van der Waals surface area contributed by atoms with Crippen molar-refractivity contribution in [2.45, 2.75) is 18.7 Å². The van der Waals surface area contributed by atoms with E-state index in [4.69, 9.17) is 4.74 Å². The second-order valence-electron chi connectivity index (χ2n) is 6.00. The molecule has 8 heteroatoms. The zero-order chi connectivity index (χ0) is 18.6. The van der Waals surface area contributed by atoms with E-state index in [-0.39, 0.29) is 18.0 Å². The maximum absolute atomic E-state index is 12.5. The summed E-state index contributed by atoms with van der Waals surface area (Å²) < 4.78 is 42.9. The number of hydrogen-bond donors (Lipinski definition) is 1. The second kappa shape index (κ2) is 7.63. The van der Waals surface area contributed by atoms with Crippen LogP contribution in [0.4, 0.5) is 18.0 Å². The predicted molar refractivity (Wildman–Crippen MR) is 88.8 cm³/mol. The smallest absolute Gasteiger partial charge is 0.417 e. The second-order valence-corrected chi connectivity index (χ2v) is 6.00. The molecule has 2 heterocycles. The van der Waals surface area contributed by atoms with Crippen molar-refractivity contribution in [3.63, 3.8) is 0 Å². The highest BCUT2D eigenvalue weighted by Gasteiger charge is 2.33. The molecule has 0 aliphatic carbocycles. The van der Waals surface area contributed by atoms with E-state index in [1.54, 1.807) is 4.90 Å². The maximum Gasteiger partial charge on any atom is 0.417 e. The van der Waals surface area contributed by atoms with Crippen LogP contribution in [0.2, 0.25) is 0 Å². The number of aromatic nitrogens is 1. The standard InChI is InChI=1S/C18H18F3N3O2/c19-18(20,21)14-6-7-16(23-10-14)26-15-11-24(12-15)17(25)22-9-8-13-4-2-1-3-5-13/h1-7,10,15H,8-9,11-12H2,(H,22,25). The fourth-order valence-electron chi connectivity index (χ4n) is 2.54. The molecule has 5 nitrogen and oxygen atoms in total. The molecule has 1 saturated heterocycles. The molecule has 0 unspecified atom stereocenters. The molecule has 1 aromatic carbocycles. The Bertz CT molecular complexity index is 730. The van der Waals surface area contributed by atoms with Crippen LogP contribution in [0.5, 0.6) is 5.88 Å². The highest BCUT2D eigenvalue weighted by molar-refractivity contribution is 5.75. The van der Waals surface area contributed by atoms with Gasteiger partial charge in [-0.15, -0.1) is 0 Å². The van der Waals surface area contributed by atoms with E-state index in [0.29, 0.717) is 19.6 Å². The lowest BCUT2D eigenvalue weighted by Gasteiger charge is -2.38. The highest BCUT2D eigenvalue weighted by atomic mass is 19.4. The molecule has 1 aromatic heterocycles. The molecule has 0 spiro atoms. The molecule has 1 aliphatic heterocycles. The molecule has 3 rings (SSSR count). The summed E-state index contributed by atoms with van der Waals surface area (Å²) in [4.78, 5) is 17.2. The number of alkyl halides is 3. The number of carbonyl (C=O) groups is 1. The average molecular weight is 365 g/mol. The number of carbonyl (C=O) groups excluding carboxylic acids is 1. The van der Waals surface area contributed by atoms with Crippen LogP contribution in [0.3, 0.4) is 0 Å². The number of hydrogen-bond acceptors (Lipinski definition) is 3. The number of benzene rings is 1. The monoisotopic (exact) mass is 365 g/mol. The molecule has 1 N–H and O–H groups in total. The van der Waals surface area contributed by atoms with Crippen molar-refractivity contribution in [3.8, 4) is 5.88 Å². The van der Waals surface area contributed by atoms with Crippen LogP contribution in [0.1, 0.15) is 11.1 Å². The first-order valence-corrected chi connectivity index (χ1v) is 8.18. The summed E-state index contributed by atoms with van der Waals surface area (Å²) in [6, 6.07) is 11.8. The largest absolute Gasteiger partial charge is 0.471 e. The lowest BCUT2D eigenvalue weighted by molar-refractivity contribution is -0.137. The van der Waals surface area contributed by atoms with Gasteiger partial charge in [-0.2, -0.15) is 13.2 Å². The molecule has 0 atom stereocenters. The minimum atomic E-state index is -4.42. The number of ether oxygens (including phenoxy) is 1. The number of likely N-dealkylation sites (tertiary alicyclic amines) is 1. The maximum atomic E-state index is 12.5. The van der Waals surface area contributed by atoms with Gasteiger partial charge >= 0.3 is 12.2 Å². The molecule has 0 bridgehead atoms. The highest BCUT2D eigenvalue weighted by Crippen LogP contribution is 2.29. The Hall–Kier alpha value is -2.77. The molecule has 0 radical (unpaired) electrons. The van der Waals surface area contributed by atoms with Crippen molar-refractivity contribution >= 4 is 6.03 Å². The number of rotatable bonds is 5. The minimum Gasteiger partial charge on any atom is -0.471 e. The number of nitrogens with zero attached hydrogens (tertiary/aromatic N) is 2. The Morgan fingerprint density at radius 3 is 2.54 bits per heavy atom. The predicted octanol–water partition coefficient (Wildman–Crippen LogP) is 3.12. The van der Waals surface area contributed by atoms with Crippen molar-refractivity contribution in [1.29, 1.82) is 0 Å². The number of amides is 2. The molecule has 0 saturated carbocycles. The van der Waals surface area contributed by atoms with E-state index in [1.807, 2.05) is 30.3 Å². The Morgan fingerprint density at radius 1 is 1.19 bits per heavy atom. The van der Waals surface area contributed by atoms with Gasteiger partial charge in [-0.25, -0.2) is 9.78 Å². The van der Waals surface area contributed by atoms with Gasteiger partial charge in [-0.3, -0.25) is 0 Å². The van der Waals surface area contributed by atoms with E-state index >= 15 is 0 Å². The molecule has 26 heavy (non-hydrogen) atoms. The molecular weight excluding hydrogens is 347 g/mol. The van der Waals surface area contributed by atoms with Crippen LogP contribution in [0, 0.1) is 0 Å². The van der Waals surface area contributed by atoms with Gasteiger partial charge in [0, 0.05) is 18.8 Å². The van der Waals surface area contributed by atoms with Gasteiger partial charge in [0.1, 0.15) is 6.10 Å². The normalized spacial score (nSPS) is 14.7. The Labute approximate surface area is 148 Å². The summed E-state index contributed by atoms with van der Waals surface area (Å²) in [5.41, 5.74) is 0.323. The van der Waals surface area contributed by atoms with Crippen LogP contribution >= 0.6 is 0 Å². The summed E-state index contributed by atoms with van der Waals surface area (Å²) in [5.74, 6) is 0.118. The lowest BCUT2D eigenvalue weighted by atomic mass is 10.1. The fraction of sp³-hybridized carbons (Fsp3) is 0.333. The molecule has 2 amide bonds. The van der Waals surface area contributed by atoms with Crippen molar-refractivity contribution in [3.05, 3.63) is 59.8 Å². The summed E-state index contributed by atoms with van der Waals surface area (Å²) in [6.45, 7) is 1.28. The quantitative estimate of drug-likeness (QED) is 0.886. The van der Waals surface area contributed by atoms with Gasteiger partial charge in [0.25, 0.3) is 0 Å². The fourth-order valence-corrected chi connectivity index (χ4v) is 2.54. The molecule has 1 fully saturated rings. The Morgan fingerprint density at radius 2 is 1.92 bits per heavy atom. The van der Waals surface area contributed by atoms with Gasteiger partial charge < -0.3 is 15.0 Å². The number of pyridine rings is 1. The van der Waals surface area contributed by atoms with Gasteiger partial charge in [0.15, 0.2) is 0 Å². The topological polar surface area (TPSA) is 54.5 Å². The first kappa shape index (κ1) is 18.0. The zero-order valence-electron chi connectivity index (χ0n) is 13.9. The molecule has 1 aliphatic rings. The Balaban J connectivity index is 1.38. The summed E-state index contributed by atoms with van der Waals surface area (Å²) in [6.07, 6.45) is -3.20. The van der Waals surface area contributed by atoms with Crippen LogP contribution < -0.4 is 10.1 Å². The van der Waals surface area contributed by atoms with Crippen LogP contribution in [0.15, 0.2) is 48.7 Å². The SMILES string of the molecule is O=C(NCCc1ccccc1)N1CC(Oc2ccc(C(F)(F)F)cn2)C1. The summed E-state index contributed by atoms with van der Waals surface area (Å²) >= 11 is 0. The van der Waals surface area contributed by atoms with Gasteiger partial charge in [0.05, 0.1) is 18.7 Å². The van der Waals surface area contributed by atoms with Crippen molar-refractivity contribution < 1.29 is 22.7 Å². The van der Waals surface area contributed by atoms with Crippen LogP contribution in [-0.4, -0.2) is 41.7 Å². The number of urea groups is 1. The molecule has 2 aromatic rings. The van der Waals surface area contributed by atoms with Crippen LogP contribution in [-0.2, 0) is 12.6 Å². The van der Waals surface area contributed by atoms with E-state index < -0.39 is 11.7 Å². The van der Waals surface area contributed by atoms with E-state index in [2.05, 4.69) is 10.3 Å². The Kier molecular flexibility index (Phi) is 5.29. The van der Waals surface area contributed by atoms with Crippen molar-refractivity contribution in [1.82, 2.24) is 15.2 Å². The van der Waals surface area contributed by atoms with Gasteiger partial charge in [-0.1, -0.05) is 30.3 Å². The van der Waals surface area contributed by atoms with E-state index in [0.717, 1.165) is 24.2 Å². The summed E-state index contributed by atoms with van der Waals surface area (Å²) in [7, 11) is 0. The first-order chi connectivity index (χ1) is 12.4. The third kappa shape index (κ3) is 4.65. The van der Waals surface area contributed by atoms with Gasteiger partial charge in [-0.05, 0) is 18.1 Å². The average Bonchev–Trinajstić information content (AvgIpc) is 2.58. The van der Waals surface area contributed by atoms with Gasteiger partial charge in [0.2, 0.25) is 5.88 Å². The molecular formula is C18H18F3N3O2. The van der Waals surface area contributed by atoms with Crippen molar-refractivity contribution in [2.75, 3.05) is 19.6 Å². The van der Waals surface area contributed by atoms with E-state index in [9.17, 15) is 18.0 Å². The van der Waals surface area contributed by atoms with E-state index in [1.165, 1.54) is 6.07 Å². The minimum absolute atomic E-state index is 0.118. The lowest BCUT2D eigenvalue weighted by Crippen LogP contribution is -2.59. The first-order valence-electron chi connectivity index (χ1n) is 8.18.